The third-order valence-electron chi connectivity index (χ3n) is 7.94. The number of ether oxygens (including phenoxy) is 3. The molecule has 2 fully saturated rings. The number of ketones is 1. The summed E-state index contributed by atoms with van der Waals surface area (Å²) in [5, 5.41) is 0.129. The van der Waals surface area contributed by atoms with Crippen molar-refractivity contribution in [3.05, 3.63) is 23.8 Å². The predicted molar refractivity (Wildman–Crippen MR) is 151 cm³/mol. The molecule has 1 heterocycles. The smallest absolute Gasteiger partial charge is 0.305 e. The molecular formula is C30H52O6Si. The second kappa shape index (κ2) is 13.7. The molecule has 1 saturated heterocycles. The lowest BCUT2D eigenvalue weighted by molar-refractivity contribution is -0.158. The average molecular weight is 537 g/mol. The molecule has 212 valence electrons. The molecule has 1 saturated carbocycles. The van der Waals surface area contributed by atoms with E-state index in [-0.39, 0.29) is 34.9 Å². The number of fused-ring (bicyclic) bond motifs is 1. The molecule has 2 rings (SSSR count). The van der Waals surface area contributed by atoms with Crippen molar-refractivity contribution >= 4 is 20.1 Å². The van der Waals surface area contributed by atoms with E-state index in [1.807, 2.05) is 13.8 Å². The SMILES string of the molecule is CCCCCC(/C=C/[C@@H]1/C(=C\CCCCCC(=O)OC)C(=O)[C@H]2OC(C)(C)O[C@H]21)O[Si](C)(C)C(C)(C)C. The van der Waals surface area contributed by atoms with Gasteiger partial charge in [0.2, 0.25) is 0 Å². The van der Waals surface area contributed by atoms with Crippen molar-refractivity contribution < 1.29 is 28.2 Å². The van der Waals surface area contributed by atoms with Crippen LogP contribution in [-0.2, 0) is 28.2 Å². The fourth-order valence-electron chi connectivity index (χ4n) is 4.75. The van der Waals surface area contributed by atoms with E-state index in [0.29, 0.717) is 6.42 Å². The van der Waals surface area contributed by atoms with E-state index in [2.05, 4.69) is 59.0 Å². The molecule has 0 aromatic heterocycles. The van der Waals surface area contributed by atoms with Crippen LogP contribution in [0.25, 0.3) is 0 Å². The molecule has 0 radical (unpaired) electrons. The molecular weight excluding hydrogens is 484 g/mol. The van der Waals surface area contributed by atoms with E-state index >= 15 is 0 Å². The van der Waals surface area contributed by atoms with E-state index in [1.165, 1.54) is 20.0 Å². The Balaban J connectivity index is 2.20. The number of unbranched alkanes of at least 4 members (excludes halogenated alkanes) is 5. The number of Topliss-reactive ketones (excluding diaryl/α,β-unsaturated/α-hetero) is 1. The minimum Gasteiger partial charge on any atom is -0.469 e. The normalized spacial score (nSPS) is 25.7. The van der Waals surface area contributed by atoms with E-state index in [1.54, 1.807) is 0 Å². The summed E-state index contributed by atoms with van der Waals surface area (Å²) < 4.78 is 23.8. The first-order valence-electron chi connectivity index (χ1n) is 14.2. The van der Waals surface area contributed by atoms with Crippen molar-refractivity contribution in [2.24, 2.45) is 5.92 Å². The third kappa shape index (κ3) is 9.15. The number of carbonyl (C=O) groups is 2. The summed E-state index contributed by atoms with van der Waals surface area (Å²) in [5.41, 5.74) is 0.786. The number of allylic oxidation sites excluding steroid dienone is 1. The van der Waals surface area contributed by atoms with E-state index in [0.717, 1.165) is 44.1 Å². The van der Waals surface area contributed by atoms with Gasteiger partial charge in [0.05, 0.1) is 13.2 Å². The Morgan fingerprint density at radius 1 is 1.11 bits per heavy atom. The van der Waals surface area contributed by atoms with Crippen LogP contribution in [0.2, 0.25) is 18.1 Å². The lowest BCUT2D eigenvalue weighted by Gasteiger charge is -2.38. The van der Waals surface area contributed by atoms with Gasteiger partial charge in [0.1, 0.15) is 6.10 Å². The van der Waals surface area contributed by atoms with Gasteiger partial charge in [-0.2, -0.15) is 0 Å². The van der Waals surface area contributed by atoms with Gasteiger partial charge in [-0.05, 0) is 57.7 Å². The fraction of sp³-hybridized carbons (Fsp3) is 0.800. The summed E-state index contributed by atoms with van der Waals surface area (Å²) >= 11 is 0. The molecule has 4 atom stereocenters. The van der Waals surface area contributed by atoms with Crippen molar-refractivity contribution in [3.8, 4) is 0 Å². The number of carbonyl (C=O) groups excluding carboxylic acids is 2. The quantitative estimate of drug-likeness (QED) is 0.0763. The topological polar surface area (TPSA) is 71.1 Å². The van der Waals surface area contributed by atoms with Crippen LogP contribution in [0.3, 0.4) is 0 Å². The number of hydrogen-bond donors (Lipinski definition) is 0. The first-order chi connectivity index (χ1) is 17.2. The number of methoxy groups -OCH3 is 1. The highest BCUT2D eigenvalue weighted by Crippen LogP contribution is 2.44. The Morgan fingerprint density at radius 3 is 2.43 bits per heavy atom. The zero-order valence-corrected chi connectivity index (χ0v) is 25.9. The van der Waals surface area contributed by atoms with Crippen LogP contribution >= 0.6 is 0 Å². The van der Waals surface area contributed by atoms with Crippen LogP contribution in [0.15, 0.2) is 23.8 Å². The molecule has 1 unspecified atom stereocenters. The van der Waals surface area contributed by atoms with Crippen LogP contribution in [0.5, 0.6) is 0 Å². The average Bonchev–Trinajstić information content (AvgIpc) is 3.24. The van der Waals surface area contributed by atoms with Crippen molar-refractivity contribution in [2.45, 2.75) is 142 Å². The maximum Gasteiger partial charge on any atom is 0.305 e. The summed E-state index contributed by atoms with van der Waals surface area (Å²) in [6.07, 6.45) is 13.9. The molecule has 1 aliphatic heterocycles. The van der Waals surface area contributed by atoms with Gasteiger partial charge in [0, 0.05) is 17.9 Å². The summed E-state index contributed by atoms with van der Waals surface area (Å²) in [6.45, 7) is 17.4. The lowest BCUT2D eigenvalue weighted by atomic mass is 9.96. The molecule has 2 aliphatic rings. The zero-order valence-electron chi connectivity index (χ0n) is 24.9. The lowest BCUT2D eigenvalue weighted by Crippen LogP contribution is -2.43. The molecule has 0 aromatic rings. The van der Waals surface area contributed by atoms with Gasteiger partial charge in [0.25, 0.3) is 0 Å². The monoisotopic (exact) mass is 536 g/mol. The first kappa shape index (κ1) is 31.9. The third-order valence-corrected chi connectivity index (χ3v) is 12.4. The van der Waals surface area contributed by atoms with Crippen molar-refractivity contribution in [1.82, 2.24) is 0 Å². The second-order valence-electron chi connectivity index (χ2n) is 12.5. The molecule has 7 heteroatoms. The second-order valence-corrected chi connectivity index (χ2v) is 17.3. The highest BCUT2D eigenvalue weighted by molar-refractivity contribution is 6.74. The summed E-state index contributed by atoms with van der Waals surface area (Å²) in [5.74, 6) is -1.05. The fourth-order valence-corrected chi connectivity index (χ4v) is 6.06. The Kier molecular flexibility index (Phi) is 11.8. The Hall–Kier alpha value is -1.28. The summed E-state index contributed by atoms with van der Waals surface area (Å²) in [7, 11) is -0.535. The Bertz CT molecular complexity index is 822. The highest BCUT2D eigenvalue weighted by Gasteiger charge is 2.55. The van der Waals surface area contributed by atoms with Gasteiger partial charge in [0.15, 0.2) is 26.0 Å². The molecule has 6 nitrogen and oxygen atoms in total. The largest absolute Gasteiger partial charge is 0.469 e. The summed E-state index contributed by atoms with van der Waals surface area (Å²) in [4.78, 5) is 24.7. The molecule has 0 amide bonds. The zero-order chi connectivity index (χ0) is 27.9. The molecule has 1 aliphatic carbocycles. The van der Waals surface area contributed by atoms with Gasteiger partial charge in [-0.1, -0.05) is 71.6 Å². The minimum atomic E-state index is -1.95. The van der Waals surface area contributed by atoms with Gasteiger partial charge >= 0.3 is 5.97 Å². The van der Waals surface area contributed by atoms with Crippen LogP contribution in [0.4, 0.5) is 0 Å². The van der Waals surface area contributed by atoms with Crippen LogP contribution in [-0.4, -0.2) is 51.3 Å². The van der Waals surface area contributed by atoms with E-state index < -0.39 is 20.2 Å². The molecule has 0 bridgehead atoms. The van der Waals surface area contributed by atoms with Crippen LogP contribution in [0, 0.1) is 5.92 Å². The van der Waals surface area contributed by atoms with Crippen molar-refractivity contribution in [3.63, 3.8) is 0 Å². The Morgan fingerprint density at radius 2 is 1.81 bits per heavy atom. The number of hydrogen-bond acceptors (Lipinski definition) is 6. The van der Waals surface area contributed by atoms with Crippen LogP contribution < -0.4 is 0 Å². The highest BCUT2D eigenvalue weighted by atomic mass is 28.4. The van der Waals surface area contributed by atoms with Gasteiger partial charge in [-0.3, -0.25) is 9.59 Å². The minimum absolute atomic E-state index is 0.0245. The van der Waals surface area contributed by atoms with E-state index in [9.17, 15) is 9.59 Å². The van der Waals surface area contributed by atoms with Crippen molar-refractivity contribution in [1.29, 1.82) is 0 Å². The van der Waals surface area contributed by atoms with E-state index in [4.69, 9.17) is 18.6 Å². The van der Waals surface area contributed by atoms with Crippen molar-refractivity contribution in [2.75, 3.05) is 7.11 Å². The van der Waals surface area contributed by atoms with Gasteiger partial charge < -0.3 is 18.6 Å². The molecule has 0 N–H and O–H groups in total. The van der Waals surface area contributed by atoms with Crippen LogP contribution in [0.1, 0.15) is 99.3 Å². The maximum atomic E-state index is 13.4. The molecule has 0 spiro atoms. The standard InChI is InChI=1S/C30H52O6Si/c1-10-11-14-17-22(36-37(8,9)29(2,3)4)20-21-24-23(18-15-12-13-16-19-25(31)33-7)26(32)28-27(24)34-30(5,6)35-28/h18,20-22,24,27-28H,10-17,19H2,1-9H3/b21-20+,23-18+/t22?,24-,27+,28-/m1/s1. The number of esters is 1. The maximum absolute atomic E-state index is 13.4. The van der Waals surface area contributed by atoms with Gasteiger partial charge in [-0.15, -0.1) is 0 Å². The van der Waals surface area contributed by atoms with Gasteiger partial charge in [-0.25, -0.2) is 0 Å². The Labute approximate surface area is 226 Å². The predicted octanol–water partition coefficient (Wildman–Crippen LogP) is 7.28. The molecule has 37 heavy (non-hydrogen) atoms. The number of rotatable bonds is 14. The molecule has 0 aromatic carbocycles. The first-order valence-corrected chi connectivity index (χ1v) is 17.2. The summed E-state index contributed by atoms with van der Waals surface area (Å²) in [6, 6.07) is 0.